The molecule has 0 saturated carbocycles. The Morgan fingerprint density at radius 3 is 2.64 bits per heavy atom. The van der Waals surface area contributed by atoms with Gasteiger partial charge in [0, 0.05) is 36.4 Å². The number of aromatic nitrogens is 1. The van der Waals surface area contributed by atoms with Crippen LogP contribution in [0.1, 0.15) is 34.0 Å². The van der Waals surface area contributed by atoms with Crippen LogP contribution >= 0.6 is 0 Å². The van der Waals surface area contributed by atoms with E-state index in [0.29, 0.717) is 24.2 Å². The van der Waals surface area contributed by atoms with Crippen LogP contribution in [0.15, 0.2) is 47.3 Å². The molecule has 0 aliphatic heterocycles. The Bertz CT molecular complexity index is 680. The summed E-state index contributed by atoms with van der Waals surface area (Å²) in [6.07, 6.45) is 0.568. The van der Waals surface area contributed by atoms with Crippen LogP contribution in [0.5, 0.6) is 0 Å². The molecule has 0 aliphatic rings. The molecule has 0 radical (unpaired) electrons. The Kier molecular flexibility index (Phi) is 5.49. The molecule has 5 heteroatoms. The summed E-state index contributed by atoms with van der Waals surface area (Å²) in [5.41, 5.74) is 1.77. The van der Waals surface area contributed by atoms with Crippen LogP contribution in [-0.4, -0.2) is 29.1 Å². The molecule has 1 aromatic carbocycles. The maximum absolute atomic E-state index is 12.2. The first-order chi connectivity index (χ1) is 10.6. The van der Waals surface area contributed by atoms with Gasteiger partial charge in [-0.3, -0.25) is 9.59 Å². The summed E-state index contributed by atoms with van der Waals surface area (Å²) in [6.45, 7) is 2.20. The number of hydrogen-bond donors (Lipinski definition) is 3. The van der Waals surface area contributed by atoms with E-state index in [2.05, 4.69) is 10.3 Å². The first kappa shape index (κ1) is 16.0. The lowest BCUT2D eigenvalue weighted by molar-refractivity contribution is 0.0949. The lowest BCUT2D eigenvalue weighted by atomic mass is 9.96. The smallest absolute Gasteiger partial charge is 0.251 e. The zero-order chi connectivity index (χ0) is 15.9. The van der Waals surface area contributed by atoms with Gasteiger partial charge in [-0.1, -0.05) is 30.3 Å². The number of carbonyl (C=O) groups is 1. The van der Waals surface area contributed by atoms with E-state index in [1.54, 1.807) is 13.0 Å². The van der Waals surface area contributed by atoms with Crippen molar-refractivity contribution in [2.75, 3.05) is 13.2 Å². The number of carbonyl (C=O) groups excluding carboxylic acids is 1. The second kappa shape index (κ2) is 7.56. The SMILES string of the molecule is Cc1cc(C(=O)NCC(CCO)c2ccccc2)cc(=O)[nH]1. The zero-order valence-electron chi connectivity index (χ0n) is 12.5. The quantitative estimate of drug-likeness (QED) is 0.757. The van der Waals surface area contributed by atoms with Crippen molar-refractivity contribution in [3.05, 3.63) is 69.6 Å². The van der Waals surface area contributed by atoms with Gasteiger partial charge in [0.1, 0.15) is 0 Å². The number of amides is 1. The molecular formula is C17H20N2O3. The number of aryl methyl sites for hydroxylation is 1. The van der Waals surface area contributed by atoms with Crippen molar-refractivity contribution in [2.45, 2.75) is 19.3 Å². The Balaban J connectivity index is 2.06. The Labute approximate surface area is 129 Å². The van der Waals surface area contributed by atoms with Crippen LogP contribution in [0.2, 0.25) is 0 Å². The fourth-order valence-electron chi connectivity index (χ4n) is 2.40. The molecule has 0 spiro atoms. The minimum atomic E-state index is -0.292. The molecule has 2 rings (SSSR count). The molecule has 0 fully saturated rings. The predicted molar refractivity (Wildman–Crippen MR) is 85.0 cm³/mol. The third-order valence-electron chi connectivity index (χ3n) is 3.50. The van der Waals surface area contributed by atoms with Crippen molar-refractivity contribution < 1.29 is 9.90 Å². The molecule has 0 saturated heterocycles. The van der Waals surface area contributed by atoms with Crippen LogP contribution in [0.25, 0.3) is 0 Å². The summed E-state index contributed by atoms with van der Waals surface area (Å²) in [5.74, 6) is -0.244. The molecule has 0 bridgehead atoms. The van der Waals surface area contributed by atoms with Crippen molar-refractivity contribution in [2.24, 2.45) is 0 Å². The van der Waals surface area contributed by atoms with E-state index in [4.69, 9.17) is 0 Å². The number of nitrogens with one attached hydrogen (secondary N) is 2. The topological polar surface area (TPSA) is 82.2 Å². The van der Waals surface area contributed by atoms with E-state index < -0.39 is 0 Å². The van der Waals surface area contributed by atoms with E-state index in [1.165, 1.54) is 6.07 Å². The highest BCUT2D eigenvalue weighted by molar-refractivity contribution is 5.94. The molecule has 2 aromatic rings. The lowest BCUT2D eigenvalue weighted by Crippen LogP contribution is -2.29. The normalized spacial score (nSPS) is 11.9. The summed E-state index contributed by atoms with van der Waals surface area (Å²) in [4.78, 5) is 26.2. The second-order valence-electron chi connectivity index (χ2n) is 5.25. The number of aliphatic hydroxyl groups excluding tert-OH is 1. The van der Waals surface area contributed by atoms with Gasteiger partial charge in [0.05, 0.1) is 0 Å². The van der Waals surface area contributed by atoms with Gasteiger partial charge in [-0.05, 0) is 25.0 Å². The maximum atomic E-state index is 12.2. The summed E-state index contributed by atoms with van der Waals surface area (Å²) in [5, 5.41) is 12.0. The van der Waals surface area contributed by atoms with E-state index in [-0.39, 0.29) is 24.0 Å². The van der Waals surface area contributed by atoms with E-state index >= 15 is 0 Å². The third-order valence-corrected chi connectivity index (χ3v) is 3.50. The van der Waals surface area contributed by atoms with Crippen LogP contribution in [0, 0.1) is 6.92 Å². The zero-order valence-corrected chi connectivity index (χ0v) is 12.5. The summed E-state index contributed by atoms with van der Waals surface area (Å²) < 4.78 is 0. The third kappa shape index (κ3) is 4.30. The van der Waals surface area contributed by atoms with Crippen molar-refractivity contribution in [1.29, 1.82) is 0 Å². The molecule has 1 unspecified atom stereocenters. The van der Waals surface area contributed by atoms with Crippen molar-refractivity contribution >= 4 is 5.91 Å². The fraction of sp³-hybridized carbons (Fsp3) is 0.294. The summed E-state index contributed by atoms with van der Waals surface area (Å²) >= 11 is 0. The van der Waals surface area contributed by atoms with Crippen molar-refractivity contribution in [3.8, 4) is 0 Å². The average molecular weight is 300 g/mol. The Hall–Kier alpha value is -2.40. The molecule has 1 aromatic heterocycles. The van der Waals surface area contributed by atoms with Gasteiger partial charge in [0.2, 0.25) is 5.56 Å². The number of aliphatic hydroxyl groups is 1. The van der Waals surface area contributed by atoms with Crippen LogP contribution in [0.3, 0.4) is 0 Å². The summed E-state index contributed by atoms with van der Waals surface area (Å²) in [6, 6.07) is 12.7. The molecule has 22 heavy (non-hydrogen) atoms. The van der Waals surface area contributed by atoms with Gasteiger partial charge in [-0.25, -0.2) is 0 Å². The molecule has 3 N–H and O–H groups in total. The first-order valence-corrected chi connectivity index (χ1v) is 7.25. The molecule has 5 nitrogen and oxygen atoms in total. The molecule has 1 atom stereocenters. The Morgan fingerprint density at radius 2 is 2.00 bits per heavy atom. The molecule has 0 aliphatic carbocycles. The molecular weight excluding hydrogens is 280 g/mol. The highest BCUT2D eigenvalue weighted by atomic mass is 16.3. The van der Waals surface area contributed by atoms with Gasteiger partial charge in [-0.15, -0.1) is 0 Å². The predicted octanol–water partition coefficient (Wildman–Crippen LogP) is 1.58. The van der Waals surface area contributed by atoms with Crippen LogP contribution in [-0.2, 0) is 0 Å². The number of H-pyrrole nitrogens is 1. The molecule has 1 amide bonds. The highest BCUT2D eigenvalue weighted by Crippen LogP contribution is 2.18. The maximum Gasteiger partial charge on any atom is 0.251 e. The lowest BCUT2D eigenvalue weighted by Gasteiger charge is -2.17. The van der Waals surface area contributed by atoms with Gasteiger partial charge < -0.3 is 15.4 Å². The van der Waals surface area contributed by atoms with Crippen molar-refractivity contribution in [3.63, 3.8) is 0 Å². The van der Waals surface area contributed by atoms with Crippen LogP contribution in [0.4, 0.5) is 0 Å². The van der Waals surface area contributed by atoms with Gasteiger partial charge >= 0.3 is 0 Å². The standard InChI is InChI=1S/C17H20N2O3/c1-12-9-15(10-16(21)19-12)17(22)18-11-14(7-8-20)13-5-3-2-4-6-13/h2-6,9-10,14,20H,7-8,11H2,1H3,(H,18,22)(H,19,21). The fourth-order valence-corrected chi connectivity index (χ4v) is 2.40. The molecule has 1 heterocycles. The van der Waals surface area contributed by atoms with Gasteiger partial charge in [-0.2, -0.15) is 0 Å². The van der Waals surface area contributed by atoms with E-state index in [0.717, 1.165) is 5.56 Å². The van der Waals surface area contributed by atoms with Gasteiger partial charge in [0.25, 0.3) is 5.91 Å². The number of benzene rings is 1. The average Bonchev–Trinajstić information content (AvgIpc) is 2.51. The van der Waals surface area contributed by atoms with Crippen LogP contribution < -0.4 is 10.9 Å². The number of aromatic amines is 1. The largest absolute Gasteiger partial charge is 0.396 e. The number of hydrogen-bond acceptors (Lipinski definition) is 3. The minimum Gasteiger partial charge on any atom is -0.396 e. The number of rotatable bonds is 6. The molecule has 116 valence electrons. The van der Waals surface area contributed by atoms with E-state index in [9.17, 15) is 14.7 Å². The first-order valence-electron chi connectivity index (χ1n) is 7.25. The monoisotopic (exact) mass is 300 g/mol. The highest BCUT2D eigenvalue weighted by Gasteiger charge is 2.13. The van der Waals surface area contributed by atoms with Crippen molar-refractivity contribution in [1.82, 2.24) is 10.3 Å². The minimum absolute atomic E-state index is 0.0400. The number of pyridine rings is 1. The second-order valence-corrected chi connectivity index (χ2v) is 5.25. The van der Waals surface area contributed by atoms with Gasteiger partial charge in [0.15, 0.2) is 0 Å². The Morgan fingerprint density at radius 1 is 1.27 bits per heavy atom. The van der Waals surface area contributed by atoms with E-state index in [1.807, 2.05) is 30.3 Å². The summed E-state index contributed by atoms with van der Waals surface area (Å²) in [7, 11) is 0.